The van der Waals surface area contributed by atoms with Gasteiger partial charge in [-0.05, 0) is 61.1 Å². The van der Waals surface area contributed by atoms with Crippen LogP contribution in [0.2, 0.25) is 0 Å². The van der Waals surface area contributed by atoms with Crippen molar-refractivity contribution < 1.29 is 19.0 Å². The van der Waals surface area contributed by atoms with Crippen LogP contribution in [-0.4, -0.2) is 60.1 Å². The number of benzene rings is 4. The van der Waals surface area contributed by atoms with Gasteiger partial charge in [0.25, 0.3) is 11.1 Å². The van der Waals surface area contributed by atoms with E-state index in [0.29, 0.717) is 17.1 Å². The maximum atomic E-state index is 14.5. The van der Waals surface area contributed by atoms with Crippen molar-refractivity contribution in [2.75, 3.05) is 42.0 Å². The number of carbonyl (C=O) groups excluding carboxylic acids is 1. The zero-order valence-corrected chi connectivity index (χ0v) is 27.9. The molecule has 0 aliphatic carbocycles. The molecule has 4 aromatic carbocycles. The maximum Gasteiger partial charge on any atom is 0.269 e. The second kappa shape index (κ2) is 13.4. The van der Waals surface area contributed by atoms with Crippen LogP contribution in [0.4, 0.5) is 17.1 Å². The Kier molecular flexibility index (Phi) is 8.73. The van der Waals surface area contributed by atoms with Gasteiger partial charge in [-0.25, -0.2) is 4.98 Å². The van der Waals surface area contributed by atoms with Gasteiger partial charge in [-0.3, -0.25) is 9.36 Å². The lowest BCUT2D eigenvalue weighted by molar-refractivity contribution is 0.0870. The normalized spacial score (nSPS) is 18.5. The number of para-hydroxylation sites is 3. The number of carbonyl (C=O) groups is 1. The maximum absolute atomic E-state index is 14.5. The molecule has 10 heteroatoms. The summed E-state index contributed by atoms with van der Waals surface area (Å²) in [5.74, 6) is 0.862. The zero-order valence-electron chi connectivity index (χ0n) is 27.1. The molecule has 0 N–H and O–H groups in total. The number of ether oxygens (including phenoxy) is 3. The van der Waals surface area contributed by atoms with E-state index in [2.05, 4.69) is 69.4 Å². The van der Waals surface area contributed by atoms with Crippen LogP contribution in [-0.2, 0) is 11.3 Å². The van der Waals surface area contributed by atoms with Gasteiger partial charge in [0, 0.05) is 48.8 Å². The van der Waals surface area contributed by atoms with Crippen molar-refractivity contribution in [3.8, 4) is 11.5 Å². The molecule has 1 aromatic heterocycles. The number of amides is 1. The summed E-state index contributed by atoms with van der Waals surface area (Å²) in [6.07, 6.45) is 4.53. The molecule has 9 nitrogen and oxygen atoms in total. The number of methoxy groups -OCH3 is 2. The second-order valence-corrected chi connectivity index (χ2v) is 12.2. The van der Waals surface area contributed by atoms with Crippen LogP contribution in [0.5, 0.6) is 11.5 Å². The van der Waals surface area contributed by atoms with Crippen LogP contribution in [0.3, 0.4) is 0 Å². The molecule has 3 atom stereocenters. The highest BCUT2D eigenvalue weighted by atomic mass is 32.1. The van der Waals surface area contributed by atoms with Gasteiger partial charge in [-0.15, -0.1) is 0 Å². The van der Waals surface area contributed by atoms with Crippen LogP contribution in [0.25, 0.3) is 0 Å². The summed E-state index contributed by atoms with van der Waals surface area (Å²) in [5.41, 5.74) is 5.80. The number of rotatable bonds is 7. The molecule has 3 heterocycles. The van der Waals surface area contributed by atoms with Gasteiger partial charge >= 0.3 is 0 Å². The molecule has 0 fully saturated rings. The van der Waals surface area contributed by atoms with Gasteiger partial charge in [0.2, 0.25) is 0 Å². The van der Waals surface area contributed by atoms with Crippen molar-refractivity contribution in [2.45, 2.75) is 31.7 Å². The Labute approximate surface area is 285 Å². The van der Waals surface area contributed by atoms with Gasteiger partial charge in [-0.2, -0.15) is 0 Å². The highest BCUT2D eigenvalue weighted by Gasteiger charge is 2.47. The zero-order chi connectivity index (χ0) is 33.2. The van der Waals surface area contributed by atoms with Crippen molar-refractivity contribution in [1.82, 2.24) is 9.55 Å². The quantitative estimate of drug-likeness (QED) is 0.178. The number of imidazole rings is 1. The molecule has 0 radical (unpaired) electrons. The number of fused-ring (bicyclic) bond motifs is 2. The fraction of sp³-hybridized carbons (Fsp3) is 0.237. The van der Waals surface area contributed by atoms with E-state index in [1.54, 1.807) is 55.7 Å². The van der Waals surface area contributed by atoms with Gasteiger partial charge in [0.05, 0.1) is 37.7 Å². The second-order valence-electron chi connectivity index (χ2n) is 11.9. The monoisotopic (exact) mass is 659 g/mol. The first-order valence-corrected chi connectivity index (χ1v) is 16.4. The Morgan fingerprint density at radius 1 is 0.854 bits per heavy atom. The molecular weight excluding hydrogens is 623 g/mol. The third kappa shape index (κ3) is 5.73. The van der Waals surface area contributed by atoms with E-state index in [-0.39, 0.29) is 17.1 Å². The first kappa shape index (κ1) is 31.3. The molecule has 2 aliphatic heterocycles. The van der Waals surface area contributed by atoms with Gasteiger partial charge < -0.3 is 28.9 Å². The van der Waals surface area contributed by atoms with Crippen LogP contribution in [0.1, 0.15) is 34.5 Å². The topological polar surface area (TPSA) is 72.3 Å². The molecule has 0 bridgehead atoms. The highest BCUT2D eigenvalue weighted by molar-refractivity contribution is 7.80. The molecule has 0 spiro atoms. The third-order valence-electron chi connectivity index (χ3n) is 9.20. The first-order valence-electron chi connectivity index (χ1n) is 16.0. The molecule has 0 saturated carbocycles. The standard InChI is InChI=1S/C38H37N5O4S/c1-26-36(47-38(48)41-20-19-39-25-41)35(42-22-21-40(24-27-11-5-4-6-12-27)31-15-9-10-16-32(31)42)29-13-7-8-14-30(29)43(26)37(44)28-17-18-33(45-2)34(23-28)46-3/h4-20,23,25-26,35-36H,21-22,24H2,1-3H3. The average molecular weight is 660 g/mol. The fourth-order valence-electron chi connectivity index (χ4n) is 6.92. The minimum atomic E-state index is -0.535. The van der Waals surface area contributed by atoms with Crippen molar-refractivity contribution in [3.05, 3.63) is 132 Å². The van der Waals surface area contributed by atoms with Crippen LogP contribution in [0, 0.1) is 0 Å². The molecule has 1 amide bonds. The van der Waals surface area contributed by atoms with E-state index in [0.717, 1.165) is 42.3 Å². The number of anilines is 3. The minimum Gasteiger partial charge on any atom is -0.493 e. The number of thiocarbonyl (C=S) groups is 1. The molecule has 2 aliphatic rings. The predicted octanol–water partition coefficient (Wildman–Crippen LogP) is 6.74. The Bertz CT molecular complexity index is 1920. The van der Waals surface area contributed by atoms with E-state index < -0.39 is 12.1 Å². The SMILES string of the molecule is COc1ccc(C(=O)N2c3ccccc3C(N3CCN(Cc4ccccc4)c4ccccc43)C(OC(=S)n3ccnc3)C2C)cc1OC. The lowest BCUT2D eigenvalue weighted by Crippen LogP contribution is -2.58. The van der Waals surface area contributed by atoms with E-state index in [9.17, 15) is 4.79 Å². The lowest BCUT2D eigenvalue weighted by atomic mass is 9.86. The number of hydrogen-bond donors (Lipinski definition) is 0. The molecule has 5 aromatic rings. The van der Waals surface area contributed by atoms with E-state index >= 15 is 0 Å². The summed E-state index contributed by atoms with van der Waals surface area (Å²) in [4.78, 5) is 25.4. The van der Waals surface area contributed by atoms with Crippen LogP contribution in [0.15, 0.2) is 116 Å². The first-order chi connectivity index (χ1) is 23.5. The van der Waals surface area contributed by atoms with Crippen molar-refractivity contribution in [2.24, 2.45) is 0 Å². The third-order valence-corrected chi connectivity index (χ3v) is 9.51. The van der Waals surface area contributed by atoms with Gasteiger partial charge in [-0.1, -0.05) is 60.7 Å². The molecule has 244 valence electrons. The fourth-order valence-corrected chi connectivity index (χ4v) is 7.14. The van der Waals surface area contributed by atoms with Crippen LogP contribution >= 0.6 is 12.2 Å². The highest BCUT2D eigenvalue weighted by Crippen LogP contribution is 2.47. The summed E-state index contributed by atoms with van der Waals surface area (Å²) in [6.45, 7) is 4.39. The summed E-state index contributed by atoms with van der Waals surface area (Å²) in [6, 6.07) is 31.7. The van der Waals surface area contributed by atoms with Gasteiger partial charge in [0.15, 0.2) is 11.5 Å². The summed E-state index contributed by atoms with van der Waals surface area (Å²) < 4.78 is 19.4. The molecule has 0 saturated heterocycles. The van der Waals surface area contributed by atoms with Crippen molar-refractivity contribution in [1.29, 1.82) is 0 Å². The lowest BCUT2D eigenvalue weighted by Gasteiger charge is -2.51. The van der Waals surface area contributed by atoms with E-state index in [1.807, 2.05) is 36.1 Å². The predicted molar refractivity (Wildman–Crippen MR) is 191 cm³/mol. The molecule has 3 unspecified atom stereocenters. The van der Waals surface area contributed by atoms with E-state index in [1.165, 1.54) is 5.56 Å². The van der Waals surface area contributed by atoms with E-state index in [4.69, 9.17) is 26.4 Å². The Morgan fingerprint density at radius 3 is 2.29 bits per heavy atom. The van der Waals surface area contributed by atoms with Crippen molar-refractivity contribution >= 4 is 40.4 Å². The molecule has 48 heavy (non-hydrogen) atoms. The summed E-state index contributed by atoms with van der Waals surface area (Å²) in [5, 5.41) is 0.267. The number of hydrogen-bond acceptors (Lipinski definition) is 8. The Hall–Kier alpha value is -5.35. The summed E-state index contributed by atoms with van der Waals surface area (Å²) >= 11 is 5.83. The Morgan fingerprint density at radius 2 is 1.56 bits per heavy atom. The number of nitrogens with zero attached hydrogens (tertiary/aromatic N) is 5. The number of aromatic nitrogens is 2. The summed E-state index contributed by atoms with van der Waals surface area (Å²) in [7, 11) is 3.14. The molecule has 7 rings (SSSR count). The minimum absolute atomic E-state index is 0.176. The smallest absolute Gasteiger partial charge is 0.269 e. The molecular formula is C38H37N5O4S. The van der Waals surface area contributed by atoms with Crippen LogP contribution < -0.4 is 24.2 Å². The van der Waals surface area contributed by atoms with Gasteiger partial charge in [0.1, 0.15) is 12.4 Å². The average Bonchev–Trinajstić information content (AvgIpc) is 3.68. The largest absolute Gasteiger partial charge is 0.493 e. The van der Waals surface area contributed by atoms with Crippen molar-refractivity contribution in [3.63, 3.8) is 0 Å². The Balaban J connectivity index is 1.32.